The average molecular weight is 318 g/mol. The van der Waals surface area contributed by atoms with Gasteiger partial charge >= 0.3 is 0 Å². The Bertz CT molecular complexity index is 494. The third-order valence-electron chi connectivity index (χ3n) is 4.29. The van der Waals surface area contributed by atoms with Crippen LogP contribution in [0.2, 0.25) is 0 Å². The number of ether oxygens (including phenoxy) is 1. The number of aryl methyl sites for hydroxylation is 1. The standard InChI is InChI=1S/C18H30N4O/c1-14-6-8-16(9-7-14)17(22-10-4-5-11-22)12-20-18(19)21-15(2)13-23-3/h6-9,15,17H,4-5,10-13H2,1-3H3,(H3,19,20,21). The fourth-order valence-electron chi connectivity index (χ4n) is 3.05. The first-order chi connectivity index (χ1) is 11.1. The molecule has 3 N–H and O–H groups in total. The molecule has 5 heteroatoms. The largest absolute Gasteiger partial charge is 0.383 e. The van der Waals surface area contributed by atoms with Gasteiger partial charge in [0.15, 0.2) is 5.96 Å². The molecule has 1 aliphatic rings. The zero-order valence-electron chi connectivity index (χ0n) is 14.6. The number of nitrogens with two attached hydrogens (primary N) is 1. The van der Waals surface area contributed by atoms with Crippen LogP contribution in [-0.2, 0) is 4.74 Å². The van der Waals surface area contributed by atoms with Crippen molar-refractivity contribution in [2.24, 2.45) is 10.7 Å². The highest BCUT2D eigenvalue weighted by Crippen LogP contribution is 2.25. The van der Waals surface area contributed by atoms with E-state index in [0.29, 0.717) is 25.2 Å². The van der Waals surface area contributed by atoms with Gasteiger partial charge in [0.2, 0.25) is 0 Å². The Balaban J connectivity index is 2.04. The number of likely N-dealkylation sites (tertiary alicyclic amines) is 1. The first kappa shape index (κ1) is 17.8. The van der Waals surface area contributed by atoms with Gasteiger partial charge in [0.1, 0.15) is 0 Å². The van der Waals surface area contributed by atoms with Crippen LogP contribution in [0.25, 0.3) is 0 Å². The molecule has 1 aromatic carbocycles. The van der Waals surface area contributed by atoms with Gasteiger partial charge in [-0.1, -0.05) is 29.8 Å². The normalized spacial score (nSPS) is 18.8. The highest BCUT2D eigenvalue weighted by molar-refractivity contribution is 5.78. The maximum Gasteiger partial charge on any atom is 0.188 e. The number of nitrogens with one attached hydrogen (secondary N) is 1. The van der Waals surface area contributed by atoms with Gasteiger partial charge in [-0.15, -0.1) is 0 Å². The van der Waals surface area contributed by atoms with Crippen molar-refractivity contribution < 1.29 is 4.74 Å². The molecule has 1 aromatic rings. The van der Waals surface area contributed by atoms with Gasteiger partial charge in [-0.25, -0.2) is 0 Å². The zero-order valence-corrected chi connectivity index (χ0v) is 14.6. The lowest BCUT2D eigenvalue weighted by Crippen LogP contribution is -2.41. The Hall–Kier alpha value is -1.59. The lowest BCUT2D eigenvalue weighted by molar-refractivity contribution is 0.179. The van der Waals surface area contributed by atoms with Crippen LogP contribution in [-0.4, -0.2) is 50.3 Å². The molecule has 0 radical (unpaired) electrons. The van der Waals surface area contributed by atoms with Crippen molar-refractivity contribution >= 4 is 5.96 Å². The van der Waals surface area contributed by atoms with Gasteiger partial charge in [0, 0.05) is 13.2 Å². The molecule has 2 atom stereocenters. The summed E-state index contributed by atoms with van der Waals surface area (Å²) in [4.78, 5) is 7.09. The van der Waals surface area contributed by atoms with Crippen LogP contribution in [0.1, 0.15) is 36.9 Å². The van der Waals surface area contributed by atoms with Gasteiger partial charge in [0.25, 0.3) is 0 Å². The summed E-state index contributed by atoms with van der Waals surface area (Å²) in [5.41, 5.74) is 8.62. The topological polar surface area (TPSA) is 62.9 Å². The van der Waals surface area contributed by atoms with Gasteiger partial charge in [-0.2, -0.15) is 0 Å². The number of rotatable bonds is 7. The monoisotopic (exact) mass is 318 g/mol. The van der Waals surface area contributed by atoms with E-state index in [1.54, 1.807) is 7.11 Å². The van der Waals surface area contributed by atoms with E-state index in [1.165, 1.54) is 24.0 Å². The van der Waals surface area contributed by atoms with Crippen molar-refractivity contribution in [2.75, 3.05) is 33.4 Å². The number of nitrogens with zero attached hydrogens (tertiary/aromatic N) is 2. The quantitative estimate of drug-likeness (QED) is 0.597. The van der Waals surface area contributed by atoms with Crippen molar-refractivity contribution in [3.63, 3.8) is 0 Å². The van der Waals surface area contributed by atoms with Crippen molar-refractivity contribution in [1.82, 2.24) is 10.2 Å². The molecule has 1 aliphatic heterocycles. The van der Waals surface area contributed by atoms with Gasteiger partial charge in [-0.05, 0) is 45.3 Å². The first-order valence-corrected chi connectivity index (χ1v) is 8.46. The highest BCUT2D eigenvalue weighted by Gasteiger charge is 2.23. The summed E-state index contributed by atoms with van der Waals surface area (Å²) in [5, 5.41) is 3.17. The molecule has 0 amide bonds. The lowest BCUT2D eigenvalue weighted by Gasteiger charge is -2.27. The molecule has 0 aliphatic carbocycles. The summed E-state index contributed by atoms with van der Waals surface area (Å²) in [6.07, 6.45) is 2.54. The van der Waals surface area contributed by atoms with Gasteiger partial charge < -0.3 is 15.8 Å². The Morgan fingerprint density at radius 1 is 1.30 bits per heavy atom. The fourth-order valence-corrected chi connectivity index (χ4v) is 3.05. The fraction of sp³-hybridized carbons (Fsp3) is 0.611. The first-order valence-electron chi connectivity index (χ1n) is 8.46. The molecule has 0 aromatic heterocycles. The van der Waals surface area contributed by atoms with Crippen molar-refractivity contribution in [3.8, 4) is 0 Å². The zero-order chi connectivity index (χ0) is 16.7. The second-order valence-corrected chi connectivity index (χ2v) is 6.40. The second kappa shape index (κ2) is 8.89. The maximum absolute atomic E-state index is 6.02. The van der Waals surface area contributed by atoms with E-state index in [-0.39, 0.29) is 6.04 Å². The van der Waals surface area contributed by atoms with Crippen LogP contribution in [0, 0.1) is 6.92 Å². The summed E-state index contributed by atoms with van der Waals surface area (Å²) in [6.45, 7) is 7.73. The van der Waals surface area contributed by atoms with Crippen LogP contribution in [0.15, 0.2) is 29.3 Å². The maximum atomic E-state index is 6.02. The molecule has 1 saturated heterocycles. The number of hydrogen-bond acceptors (Lipinski definition) is 3. The SMILES string of the molecule is COCC(C)NC(N)=NCC(c1ccc(C)cc1)N1CCCC1. The number of benzene rings is 1. The summed E-state index contributed by atoms with van der Waals surface area (Å²) in [6, 6.07) is 9.23. The van der Waals surface area contributed by atoms with Crippen LogP contribution in [0.4, 0.5) is 0 Å². The minimum Gasteiger partial charge on any atom is -0.383 e. The van der Waals surface area contributed by atoms with Crippen molar-refractivity contribution in [3.05, 3.63) is 35.4 Å². The van der Waals surface area contributed by atoms with Gasteiger partial charge in [-0.3, -0.25) is 9.89 Å². The smallest absolute Gasteiger partial charge is 0.188 e. The minimum absolute atomic E-state index is 0.161. The lowest BCUT2D eigenvalue weighted by atomic mass is 10.0. The summed E-state index contributed by atoms with van der Waals surface area (Å²) < 4.78 is 5.11. The number of methoxy groups -OCH3 is 1. The molecular formula is C18H30N4O. The third kappa shape index (κ3) is 5.52. The van der Waals surface area contributed by atoms with E-state index in [9.17, 15) is 0 Å². The van der Waals surface area contributed by atoms with E-state index < -0.39 is 0 Å². The molecular weight excluding hydrogens is 288 g/mol. The molecule has 0 bridgehead atoms. The van der Waals surface area contributed by atoms with Crippen molar-refractivity contribution in [2.45, 2.75) is 38.8 Å². The molecule has 0 saturated carbocycles. The molecule has 1 fully saturated rings. The number of guanidine groups is 1. The van der Waals surface area contributed by atoms with E-state index >= 15 is 0 Å². The second-order valence-electron chi connectivity index (χ2n) is 6.40. The molecule has 1 heterocycles. The van der Waals surface area contributed by atoms with Crippen LogP contribution in [0.5, 0.6) is 0 Å². The molecule has 0 spiro atoms. The van der Waals surface area contributed by atoms with E-state index in [0.717, 1.165) is 13.1 Å². The average Bonchev–Trinajstić information content (AvgIpc) is 3.03. The number of aliphatic imine (C=N–C) groups is 1. The molecule has 2 rings (SSSR count). The molecule has 5 nitrogen and oxygen atoms in total. The van der Waals surface area contributed by atoms with Crippen molar-refractivity contribution in [1.29, 1.82) is 0 Å². The van der Waals surface area contributed by atoms with E-state index in [1.807, 2.05) is 6.92 Å². The molecule has 128 valence electrons. The Morgan fingerprint density at radius 2 is 1.96 bits per heavy atom. The summed E-state index contributed by atoms with van der Waals surface area (Å²) in [5.74, 6) is 0.492. The Labute approximate surface area is 139 Å². The Morgan fingerprint density at radius 3 is 2.57 bits per heavy atom. The predicted octanol–water partition coefficient (Wildman–Crippen LogP) is 2.07. The van der Waals surface area contributed by atoms with Gasteiger partial charge in [0.05, 0.1) is 19.2 Å². The minimum atomic E-state index is 0.161. The van der Waals surface area contributed by atoms with Crippen LogP contribution in [0.3, 0.4) is 0 Å². The van der Waals surface area contributed by atoms with Crippen LogP contribution >= 0.6 is 0 Å². The highest BCUT2D eigenvalue weighted by atomic mass is 16.5. The van der Waals surface area contributed by atoms with E-state index in [2.05, 4.69) is 46.4 Å². The number of hydrogen-bond donors (Lipinski definition) is 2. The van der Waals surface area contributed by atoms with E-state index in [4.69, 9.17) is 10.5 Å². The Kier molecular flexibility index (Phi) is 6.86. The molecule has 2 unspecified atom stereocenters. The molecule has 23 heavy (non-hydrogen) atoms. The summed E-state index contributed by atoms with van der Waals surface area (Å²) in [7, 11) is 1.69. The van der Waals surface area contributed by atoms with Crippen LogP contribution < -0.4 is 11.1 Å². The predicted molar refractivity (Wildman–Crippen MR) is 95.7 cm³/mol. The third-order valence-corrected chi connectivity index (χ3v) is 4.29. The summed E-state index contributed by atoms with van der Waals surface area (Å²) >= 11 is 0.